The van der Waals surface area contributed by atoms with Gasteiger partial charge in [0.2, 0.25) is 0 Å². The molecule has 1 saturated heterocycles. The summed E-state index contributed by atoms with van der Waals surface area (Å²) >= 11 is 0. The fraction of sp³-hybridized carbons (Fsp3) is 0.467. The maximum atomic E-state index is 7.00. The molecule has 3 rings (SSSR count). The van der Waals surface area contributed by atoms with Gasteiger partial charge in [-0.05, 0) is 44.0 Å². The second-order valence-corrected chi connectivity index (χ2v) is 4.66. The molecule has 0 unspecified atom stereocenters. The summed E-state index contributed by atoms with van der Waals surface area (Å²) in [5.74, 6) is 0. The lowest BCUT2D eigenvalue weighted by Gasteiger charge is -2.13. The van der Waals surface area contributed by atoms with Crippen molar-refractivity contribution in [3.8, 4) is 0 Å². The van der Waals surface area contributed by atoms with Gasteiger partial charge in [0.05, 0.1) is 0 Å². The quantitative estimate of drug-likeness (QED) is 0.873. The number of H-pyrrole nitrogens is 1. The molecule has 3 nitrogen and oxygen atoms in total. The Morgan fingerprint density at radius 2 is 1.89 bits per heavy atom. The number of nitrogens with zero attached hydrogens (tertiary/aromatic N) is 1. The maximum Gasteiger partial charge on any atom is 0.0456 e. The summed E-state index contributed by atoms with van der Waals surface area (Å²) in [4.78, 5) is 5.92. The van der Waals surface area contributed by atoms with E-state index in [2.05, 4.69) is 40.3 Å². The van der Waals surface area contributed by atoms with Crippen molar-refractivity contribution < 1.29 is 5.11 Å². The van der Waals surface area contributed by atoms with Crippen molar-refractivity contribution in [3.05, 3.63) is 36.0 Å². The third-order valence-corrected chi connectivity index (χ3v) is 3.57. The van der Waals surface area contributed by atoms with Gasteiger partial charge < -0.3 is 15.0 Å². The lowest BCUT2D eigenvalue weighted by Crippen LogP contribution is -2.21. The van der Waals surface area contributed by atoms with Crippen LogP contribution >= 0.6 is 0 Å². The summed E-state index contributed by atoms with van der Waals surface area (Å²) in [7, 11) is 1.00. The molecule has 1 fully saturated rings. The summed E-state index contributed by atoms with van der Waals surface area (Å²) in [5, 5.41) is 8.39. The smallest absolute Gasteiger partial charge is 0.0456 e. The highest BCUT2D eigenvalue weighted by atomic mass is 16.2. The highest BCUT2D eigenvalue weighted by molar-refractivity contribution is 5.83. The summed E-state index contributed by atoms with van der Waals surface area (Å²) < 4.78 is 0. The molecule has 0 atom stereocenters. The molecule has 0 saturated carbocycles. The minimum Gasteiger partial charge on any atom is -0.400 e. The highest BCUT2D eigenvalue weighted by Crippen LogP contribution is 2.19. The predicted octanol–water partition coefficient (Wildman–Crippen LogP) is 2.41. The number of hydrogen-bond acceptors (Lipinski definition) is 2. The number of rotatable bonds is 3. The number of aliphatic hydroxyl groups excluding tert-OH is 1. The Morgan fingerprint density at radius 3 is 2.67 bits per heavy atom. The molecule has 1 aromatic carbocycles. The van der Waals surface area contributed by atoms with E-state index in [4.69, 9.17) is 5.11 Å². The van der Waals surface area contributed by atoms with Gasteiger partial charge in [0.1, 0.15) is 0 Å². The SMILES string of the molecule is CO.c1ccc2c(CCN3CCCC3)c[nH]c2c1. The number of aliphatic hydroxyl groups is 1. The van der Waals surface area contributed by atoms with Crippen molar-refractivity contribution in [2.45, 2.75) is 19.3 Å². The van der Waals surface area contributed by atoms with Crippen LogP contribution in [0.2, 0.25) is 0 Å². The van der Waals surface area contributed by atoms with E-state index >= 15 is 0 Å². The third kappa shape index (κ3) is 2.92. The zero-order chi connectivity index (χ0) is 12.8. The topological polar surface area (TPSA) is 39.3 Å². The number of nitrogens with one attached hydrogen (secondary N) is 1. The molecule has 0 bridgehead atoms. The molecule has 18 heavy (non-hydrogen) atoms. The third-order valence-electron chi connectivity index (χ3n) is 3.57. The van der Waals surface area contributed by atoms with E-state index < -0.39 is 0 Å². The largest absolute Gasteiger partial charge is 0.400 e. The number of hydrogen-bond donors (Lipinski definition) is 2. The molecule has 1 aliphatic rings. The zero-order valence-corrected chi connectivity index (χ0v) is 11.0. The number of fused-ring (bicyclic) bond motifs is 1. The van der Waals surface area contributed by atoms with E-state index in [1.165, 1.54) is 55.4 Å². The first kappa shape index (κ1) is 13.1. The van der Waals surface area contributed by atoms with Crippen LogP contribution in [0.5, 0.6) is 0 Å². The Hall–Kier alpha value is -1.32. The van der Waals surface area contributed by atoms with Gasteiger partial charge in [-0.25, -0.2) is 0 Å². The molecular formula is C15H22N2O. The van der Waals surface area contributed by atoms with Crippen molar-refractivity contribution >= 4 is 10.9 Å². The first-order valence-corrected chi connectivity index (χ1v) is 6.65. The fourth-order valence-corrected chi connectivity index (χ4v) is 2.62. The number of aromatic nitrogens is 1. The van der Waals surface area contributed by atoms with Crippen molar-refractivity contribution in [2.24, 2.45) is 0 Å². The molecule has 0 spiro atoms. The molecule has 1 aromatic heterocycles. The Bertz CT molecular complexity index is 472. The van der Waals surface area contributed by atoms with E-state index in [1.807, 2.05) is 0 Å². The van der Waals surface area contributed by atoms with Gasteiger partial charge in [-0.3, -0.25) is 0 Å². The highest BCUT2D eigenvalue weighted by Gasteiger charge is 2.11. The van der Waals surface area contributed by atoms with Gasteiger partial charge in [-0.15, -0.1) is 0 Å². The van der Waals surface area contributed by atoms with Crippen molar-refractivity contribution in [1.82, 2.24) is 9.88 Å². The molecule has 3 heteroatoms. The minimum absolute atomic E-state index is 1.00. The van der Waals surface area contributed by atoms with Gasteiger partial charge in [-0.1, -0.05) is 18.2 Å². The average Bonchev–Trinajstić information content (AvgIpc) is 3.08. The molecule has 0 radical (unpaired) electrons. The summed E-state index contributed by atoms with van der Waals surface area (Å²) in [6.07, 6.45) is 6.10. The molecule has 2 aromatic rings. The first-order valence-electron chi connectivity index (χ1n) is 6.65. The van der Waals surface area contributed by atoms with Gasteiger partial charge in [0.25, 0.3) is 0 Å². The van der Waals surface area contributed by atoms with Crippen molar-refractivity contribution in [1.29, 1.82) is 0 Å². The molecule has 2 N–H and O–H groups in total. The van der Waals surface area contributed by atoms with Crippen molar-refractivity contribution in [2.75, 3.05) is 26.7 Å². The number of benzene rings is 1. The van der Waals surface area contributed by atoms with Crippen LogP contribution in [0.25, 0.3) is 10.9 Å². The van der Waals surface area contributed by atoms with E-state index in [1.54, 1.807) is 0 Å². The summed E-state index contributed by atoms with van der Waals surface area (Å²) in [6, 6.07) is 8.57. The van der Waals surface area contributed by atoms with E-state index in [9.17, 15) is 0 Å². The second-order valence-electron chi connectivity index (χ2n) is 4.66. The lowest BCUT2D eigenvalue weighted by molar-refractivity contribution is 0.344. The maximum absolute atomic E-state index is 7.00. The minimum atomic E-state index is 1.00. The van der Waals surface area contributed by atoms with Crippen LogP contribution in [-0.2, 0) is 6.42 Å². The Labute approximate surface area is 108 Å². The fourth-order valence-electron chi connectivity index (χ4n) is 2.62. The van der Waals surface area contributed by atoms with E-state index in [0.717, 1.165) is 7.11 Å². The van der Waals surface area contributed by atoms with Crippen LogP contribution < -0.4 is 0 Å². The number of likely N-dealkylation sites (tertiary alicyclic amines) is 1. The molecule has 2 heterocycles. The van der Waals surface area contributed by atoms with Crippen molar-refractivity contribution in [3.63, 3.8) is 0 Å². The van der Waals surface area contributed by atoms with Gasteiger partial charge in [0.15, 0.2) is 0 Å². The molecule has 0 aliphatic carbocycles. The standard InChI is InChI=1S/C14H18N2.CH4O/c1-2-6-14-13(5-1)12(11-15-14)7-10-16-8-3-4-9-16;1-2/h1-2,5-6,11,15H,3-4,7-10H2;2H,1H3. The van der Waals surface area contributed by atoms with E-state index in [-0.39, 0.29) is 0 Å². The van der Waals surface area contributed by atoms with Crippen LogP contribution in [0, 0.1) is 0 Å². The van der Waals surface area contributed by atoms with Crippen LogP contribution in [0.4, 0.5) is 0 Å². The number of para-hydroxylation sites is 1. The van der Waals surface area contributed by atoms with Gasteiger partial charge in [0, 0.05) is 30.8 Å². The second kappa shape index (κ2) is 6.57. The normalized spacial score (nSPS) is 15.7. The Kier molecular flexibility index (Phi) is 4.79. The summed E-state index contributed by atoms with van der Waals surface area (Å²) in [5.41, 5.74) is 2.72. The Morgan fingerprint density at radius 1 is 1.17 bits per heavy atom. The molecule has 98 valence electrons. The number of aromatic amines is 1. The molecule has 0 amide bonds. The van der Waals surface area contributed by atoms with Crippen LogP contribution in [-0.4, -0.2) is 41.7 Å². The molecule has 1 aliphatic heterocycles. The van der Waals surface area contributed by atoms with Gasteiger partial charge in [-0.2, -0.15) is 0 Å². The van der Waals surface area contributed by atoms with Gasteiger partial charge >= 0.3 is 0 Å². The molecular weight excluding hydrogens is 224 g/mol. The van der Waals surface area contributed by atoms with E-state index in [0.29, 0.717) is 0 Å². The van der Waals surface area contributed by atoms with Crippen LogP contribution in [0.3, 0.4) is 0 Å². The first-order chi connectivity index (χ1) is 8.93. The Balaban J connectivity index is 0.000000574. The zero-order valence-electron chi connectivity index (χ0n) is 11.0. The van der Waals surface area contributed by atoms with Crippen LogP contribution in [0.1, 0.15) is 18.4 Å². The van der Waals surface area contributed by atoms with Crippen LogP contribution in [0.15, 0.2) is 30.5 Å². The lowest BCUT2D eigenvalue weighted by atomic mass is 10.1. The predicted molar refractivity (Wildman–Crippen MR) is 75.8 cm³/mol. The average molecular weight is 246 g/mol. The monoisotopic (exact) mass is 246 g/mol. The summed E-state index contributed by atoms with van der Waals surface area (Å²) in [6.45, 7) is 3.80.